The molecule has 3 nitrogen and oxygen atoms in total. The summed E-state index contributed by atoms with van der Waals surface area (Å²) in [5.74, 6) is 1.67. The Bertz CT molecular complexity index is 324. The van der Waals surface area contributed by atoms with Crippen LogP contribution in [0, 0.1) is 0 Å². The first-order chi connectivity index (χ1) is 7.72. The van der Waals surface area contributed by atoms with Gasteiger partial charge in [0.2, 0.25) is 0 Å². The molecule has 0 aliphatic carbocycles. The van der Waals surface area contributed by atoms with Gasteiger partial charge in [-0.15, -0.1) is 0 Å². The predicted octanol–water partition coefficient (Wildman–Crippen LogP) is 2.53. The number of hydrogen-bond acceptors (Lipinski definition) is 3. The molecule has 1 aromatic rings. The van der Waals surface area contributed by atoms with Crippen molar-refractivity contribution < 1.29 is 9.47 Å². The Kier molecular flexibility index (Phi) is 5.64. The maximum absolute atomic E-state index is 5.46. The van der Waals surface area contributed by atoms with Crippen LogP contribution < -0.4 is 15.2 Å². The minimum Gasteiger partial charge on any atom is -0.494 e. The normalized spacial score (nSPS) is 9.81. The van der Waals surface area contributed by atoms with Gasteiger partial charge >= 0.3 is 0 Å². The lowest BCUT2D eigenvalue weighted by Crippen LogP contribution is -2.12. The first-order valence-electron chi connectivity index (χ1n) is 5.36. The van der Waals surface area contributed by atoms with E-state index in [-0.39, 0.29) is 0 Å². The molecule has 0 fully saturated rings. The standard InChI is InChI=1S/C12H17NO2S/c1-2-8-14-10-3-5-11(6-4-10)15-9-7-12(13)16/h3-6H,2,7-9H2,1H3,(H2,13,16). The predicted molar refractivity (Wildman–Crippen MR) is 69.1 cm³/mol. The topological polar surface area (TPSA) is 44.5 Å². The molecular formula is C12H17NO2S. The average molecular weight is 239 g/mol. The van der Waals surface area contributed by atoms with Crippen LogP contribution in [0.25, 0.3) is 0 Å². The molecule has 0 radical (unpaired) electrons. The molecule has 4 heteroatoms. The van der Waals surface area contributed by atoms with Crippen LogP contribution in [-0.2, 0) is 0 Å². The Morgan fingerprint density at radius 3 is 2.06 bits per heavy atom. The molecule has 0 aromatic heterocycles. The van der Waals surface area contributed by atoms with Crippen molar-refractivity contribution in [3.8, 4) is 11.5 Å². The number of ether oxygens (including phenoxy) is 2. The van der Waals surface area contributed by atoms with Gasteiger partial charge in [0, 0.05) is 6.42 Å². The van der Waals surface area contributed by atoms with E-state index in [4.69, 9.17) is 27.4 Å². The molecule has 0 saturated carbocycles. The van der Waals surface area contributed by atoms with Crippen molar-refractivity contribution in [1.82, 2.24) is 0 Å². The van der Waals surface area contributed by atoms with E-state index in [0.29, 0.717) is 18.0 Å². The van der Waals surface area contributed by atoms with E-state index in [1.165, 1.54) is 0 Å². The molecule has 0 aliphatic heterocycles. The summed E-state index contributed by atoms with van der Waals surface area (Å²) in [7, 11) is 0. The first-order valence-corrected chi connectivity index (χ1v) is 5.77. The van der Waals surface area contributed by atoms with E-state index < -0.39 is 0 Å². The number of rotatable bonds is 7. The van der Waals surface area contributed by atoms with Crippen molar-refractivity contribution >= 4 is 17.2 Å². The van der Waals surface area contributed by atoms with Crippen LogP contribution in [0.4, 0.5) is 0 Å². The van der Waals surface area contributed by atoms with Gasteiger partial charge in [-0.2, -0.15) is 0 Å². The third-order valence-corrected chi connectivity index (χ3v) is 2.12. The lowest BCUT2D eigenvalue weighted by molar-refractivity contribution is 0.312. The van der Waals surface area contributed by atoms with Crippen molar-refractivity contribution in [2.24, 2.45) is 5.73 Å². The fraction of sp³-hybridized carbons (Fsp3) is 0.417. The summed E-state index contributed by atoms with van der Waals surface area (Å²) in [6, 6.07) is 7.55. The van der Waals surface area contributed by atoms with Crippen molar-refractivity contribution in [3.05, 3.63) is 24.3 Å². The monoisotopic (exact) mass is 239 g/mol. The van der Waals surface area contributed by atoms with Gasteiger partial charge in [0.1, 0.15) is 11.5 Å². The first kappa shape index (κ1) is 12.8. The van der Waals surface area contributed by atoms with Gasteiger partial charge in [-0.25, -0.2) is 0 Å². The van der Waals surface area contributed by atoms with Gasteiger partial charge in [0.15, 0.2) is 0 Å². The average Bonchev–Trinajstić information content (AvgIpc) is 2.27. The molecule has 0 aliphatic rings. The molecular weight excluding hydrogens is 222 g/mol. The smallest absolute Gasteiger partial charge is 0.119 e. The minimum atomic E-state index is 0.475. The second kappa shape index (κ2) is 7.06. The molecule has 1 rings (SSSR count). The van der Waals surface area contributed by atoms with Crippen LogP contribution in [0.5, 0.6) is 11.5 Å². The number of hydrogen-bond donors (Lipinski definition) is 1. The second-order valence-electron chi connectivity index (χ2n) is 3.38. The van der Waals surface area contributed by atoms with Crippen molar-refractivity contribution in [2.75, 3.05) is 13.2 Å². The summed E-state index contributed by atoms with van der Waals surface area (Å²) in [5.41, 5.74) is 5.37. The maximum Gasteiger partial charge on any atom is 0.119 e. The van der Waals surface area contributed by atoms with Gasteiger partial charge in [-0.05, 0) is 30.7 Å². The number of nitrogens with two attached hydrogens (primary N) is 1. The molecule has 16 heavy (non-hydrogen) atoms. The molecule has 0 unspecified atom stereocenters. The van der Waals surface area contributed by atoms with E-state index >= 15 is 0 Å². The van der Waals surface area contributed by atoms with E-state index in [0.717, 1.165) is 24.5 Å². The summed E-state index contributed by atoms with van der Waals surface area (Å²) < 4.78 is 10.9. The number of thiocarbonyl (C=S) groups is 1. The van der Waals surface area contributed by atoms with Crippen LogP contribution >= 0.6 is 12.2 Å². The molecule has 0 amide bonds. The van der Waals surface area contributed by atoms with E-state index in [9.17, 15) is 0 Å². The highest BCUT2D eigenvalue weighted by Gasteiger charge is 1.96. The van der Waals surface area contributed by atoms with E-state index in [1.54, 1.807) is 0 Å². The van der Waals surface area contributed by atoms with Gasteiger partial charge in [-0.1, -0.05) is 19.1 Å². The lowest BCUT2D eigenvalue weighted by Gasteiger charge is -2.07. The van der Waals surface area contributed by atoms with Gasteiger partial charge in [-0.3, -0.25) is 0 Å². The Balaban J connectivity index is 2.36. The molecule has 0 bridgehead atoms. The van der Waals surface area contributed by atoms with Crippen LogP contribution in [0.15, 0.2) is 24.3 Å². The van der Waals surface area contributed by atoms with Crippen LogP contribution in [0.3, 0.4) is 0 Å². The largest absolute Gasteiger partial charge is 0.494 e. The van der Waals surface area contributed by atoms with Crippen LogP contribution in [0.1, 0.15) is 19.8 Å². The summed E-state index contributed by atoms with van der Waals surface area (Å²) in [6.45, 7) is 3.33. The van der Waals surface area contributed by atoms with Crippen molar-refractivity contribution in [3.63, 3.8) is 0 Å². The summed E-state index contributed by atoms with van der Waals surface area (Å²) in [6.07, 6.45) is 1.61. The molecule has 1 aromatic carbocycles. The van der Waals surface area contributed by atoms with E-state index in [1.807, 2.05) is 24.3 Å². The zero-order valence-corrected chi connectivity index (χ0v) is 10.3. The molecule has 2 N–H and O–H groups in total. The third-order valence-electron chi connectivity index (χ3n) is 1.91. The Morgan fingerprint density at radius 2 is 1.62 bits per heavy atom. The molecule has 0 heterocycles. The maximum atomic E-state index is 5.46. The lowest BCUT2D eigenvalue weighted by atomic mass is 10.3. The van der Waals surface area contributed by atoms with Gasteiger partial charge in [0.05, 0.1) is 18.2 Å². The molecule has 88 valence electrons. The van der Waals surface area contributed by atoms with Crippen LogP contribution in [-0.4, -0.2) is 18.2 Å². The second-order valence-corrected chi connectivity index (χ2v) is 3.91. The van der Waals surface area contributed by atoms with Gasteiger partial charge in [0.25, 0.3) is 0 Å². The fourth-order valence-corrected chi connectivity index (χ4v) is 1.20. The fourth-order valence-electron chi connectivity index (χ4n) is 1.12. The highest BCUT2D eigenvalue weighted by atomic mass is 32.1. The molecule has 0 spiro atoms. The Labute approximate surface area is 102 Å². The summed E-state index contributed by atoms with van der Waals surface area (Å²) >= 11 is 4.76. The highest BCUT2D eigenvalue weighted by molar-refractivity contribution is 7.80. The molecule has 0 atom stereocenters. The zero-order valence-electron chi connectivity index (χ0n) is 9.44. The SMILES string of the molecule is CCCOc1ccc(OCCC(N)=S)cc1. The summed E-state index contributed by atoms with van der Waals surface area (Å²) in [5, 5.41) is 0. The van der Waals surface area contributed by atoms with Crippen LogP contribution in [0.2, 0.25) is 0 Å². The van der Waals surface area contributed by atoms with E-state index in [2.05, 4.69) is 6.92 Å². The highest BCUT2D eigenvalue weighted by Crippen LogP contribution is 2.17. The quantitative estimate of drug-likeness (QED) is 0.743. The minimum absolute atomic E-state index is 0.475. The van der Waals surface area contributed by atoms with Gasteiger partial charge < -0.3 is 15.2 Å². The Morgan fingerprint density at radius 1 is 1.12 bits per heavy atom. The van der Waals surface area contributed by atoms with Crippen molar-refractivity contribution in [2.45, 2.75) is 19.8 Å². The van der Waals surface area contributed by atoms with Crippen molar-refractivity contribution in [1.29, 1.82) is 0 Å². The zero-order chi connectivity index (χ0) is 11.8. The molecule has 0 saturated heterocycles. The summed E-state index contributed by atoms with van der Waals surface area (Å²) in [4.78, 5) is 0.475. The number of benzene rings is 1. The third kappa shape index (κ3) is 4.98. The Hall–Kier alpha value is -1.29.